The minimum atomic E-state index is -0.707. The van der Waals surface area contributed by atoms with Crippen molar-refractivity contribution in [3.8, 4) is 0 Å². The minimum absolute atomic E-state index is 0.100. The van der Waals surface area contributed by atoms with E-state index in [4.69, 9.17) is 9.84 Å². The molecule has 0 bridgehead atoms. The summed E-state index contributed by atoms with van der Waals surface area (Å²) in [5, 5.41) is 8.70. The molecule has 0 aromatic heterocycles. The second-order valence-corrected chi connectivity index (χ2v) is 11.3. The van der Waals surface area contributed by atoms with Crippen LogP contribution in [0.3, 0.4) is 0 Å². The molecule has 0 radical (unpaired) electrons. The highest BCUT2D eigenvalue weighted by molar-refractivity contribution is 5.69. The van der Waals surface area contributed by atoms with Gasteiger partial charge < -0.3 is 9.84 Å². The van der Waals surface area contributed by atoms with Gasteiger partial charge in [0.05, 0.1) is 0 Å². The van der Waals surface area contributed by atoms with Crippen LogP contribution in [0.2, 0.25) is 0 Å². The standard InChI is InChI=1S/C36H64O4/c1-3-5-7-9-10-11-12-13-14-15-16-17-21-25-29-33-36(39)40-34(30-26-22-8-6-4-2)31-27-23-19-18-20-24-28-32-35(37)38/h6,8,26-27,30-31,34H,3-5,7,9-25,28-29,32-33H2,1-2H3,(H,37,38)/t34-/m0/s1. The molecular formula is C36H64O4. The molecule has 0 aliphatic rings. The van der Waals surface area contributed by atoms with Gasteiger partial charge in [-0.2, -0.15) is 0 Å². The maximum atomic E-state index is 12.5. The maximum Gasteiger partial charge on any atom is 0.306 e. The van der Waals surface area contributed by atoms with Gasteiger partial charge in [0.25, 0.3) is 0 Å². The molecular weight excluding hydrogens is 496 g/mol. The summed E-state index contributed by atoms with van der Waals surface area (Å²) in [7, 11) is 0. The number of esters is 1. The highest BCUT2D eigenvalue weighted by Crippen LogP contribution is 2.14. The smallest absolute Gasteiger partial charge is 0.306 e. The summed E-state index contributed by atoms with van der Waals surface area (Å²) in [6.07, 6.45) is 40.6. The summed E-state index contributed by atoms with van der Waals surface area (Å²) in [4.78, 5) is 23.0. The van der Waals surface area contributed by atoms with Crippen LogP contribution in [-0.4, -0.2) is 23.1 Å². The molecule has 40 heavy (non-hydrogen) atoms. The van der Waals surface area contributed by atoms with E-state index in [0.717, 1.165) is 64.2 Å². The minimum Gasteiger partial charge on any atom is -0.481 e. The van der Waals surface area contributed by atoms with E-state index in [0.29, 0.717) is 6.42 Å². The molecule has 1 N–H and O–H groups in total. The van der Waals surface area contributed by atoms with E-state index < -0.39 is 5.97 Å². The second kappa shape index (κ2) is 31.7. The Morgan fingerprint density at radius 1 is 0.575 bits per heavy atom. The first-order valence-corrected chi connectivity index (χ1v) is 17.0. The largest absolute Gasteiger partial charge is 0.481 e. The van der Waals surface area contributed by atoms with Crippen LogP contribution in [0.25, 0.3) is 0 Å². The number of carbonyl (C=O) groups excluding carboxylic acids is 1. The monoisotopic (exact) mass is 560 g/mol. The Morgan fingerprint density at radius 3 is 1.57 bits per heavy atom. The summed E-state index contributed by atoms with van der Waals surface area (Å²) in [5.41, 5.74) is 0. The number of hydrogen-bond donors (Lipinski definition) is 1. The Kier molecular flexibility index (Phi) is 30.2. The van der Waals surface area contributed by atoms with Crippen molar-refractivity contribution < 1.29 is 19.4 Å². The van der Waals surface area contributed by atoms with E-state index in [2.05, 4.69) is 38.2 Å². The van der Waals surface area contributed by atoms with Gasteiger partial charge in [-0.15, -0.1) is 0 Å². The van der Waals surface area contributed by atoms with Crippen molar-refractivity contribution in [3.05, 3.63) is 36.5 Å². The van der Waals surface area contributed by atoms with Crippen LogP contribution in [0.15, 0.2) is 36.5 Å². The summed E-state index contributed by atoms with van der Waals surface area (Å²) in [6.45, 7) is 4.40. The van der Waals surface area contributed by atoms with Gasteiger partial charge in [0.1, 0.15) is 6.10 Å². The molecule has 0 amide bonds. The third-order valence-electron chi connectivity index (χ3n) is 7.34. The highest BCUT2D eigenvalue weighted by Gasteiger charge is 2.08. The van der Waals surface area contributed by atoms with E-state index in [9.17, 15) is 9.59 Å². The Labute approximate surface area is 248 Å². The van der Waals surface area contributed by atoms with Crippen LogP contribution >= 0.6 is 0 Å². The average molecular weight is 561 g/mol. The number of rotatable bonds is 30. The molecule has 0 fully saturated rings. The van der Waals surface area contributed by atoms with Crippen LogP contribution < -0.4 is 0 Å². The predicted molar refractivity (Wildman–Crippen MR) is 172 cm³/mol. The summed E-state index contributed by atoms with van der Waals surface area (Å²) >= 11 is 0. The third kappa shape index (κ3) is 30.7. The van der Waals surface area contributed by atoms with E-state index in [1.165, 1.54) is 83.5 Å². The fourth-order valence-electron chi connectivity index (χ4n) is 4.85. The lowest BCUT2D eigenvalue weighted by Crippen LogP contribution is -2.13. The van der Waals surface area contributed by atoms with Gasteiger partial charge in [0.15, 0.2) is 0 Å². The van der Waals surface area contributed by atoms with Crippen molar-refractivity contribution in [1.82, 2.24) is 0 Å². The fourth-order valence-corrected chi connectivity index (χ4v) is 4.85. The van der Waals surface area contributed by atoms with Gasteiger partial charge in [0, 0.05) is 12.8 Å². The quantitative estimate of drug-likeness (QED) is 0.0539. The van der Waals surface area contributed by atoms with Gasteiger partial charge in [-0.1, -0.05) is 147 Å². The number of allylic oxidation sites excluding steroid dienone is 4. The van der Waals surface area contributed by atoms with Gasteiger partial charge in [-0.25, -0.2) is 0 Å². The van der Waals surface area contributed by atoms with Crippen LogP contribution in [0.4, 0.5) is 0 Å². The molecule has 0 heterocycles. The predicted octanol–water partition coefficient (Wildman–Crippen LogP) is 11.4. The first-order valence-electron chi connectivity index (χ1n) is 17.0. The van der Waals surface area contributed by atoms with Gasteiger partial charge in [-0.3, -0.25) is 9.59 Å². The number of aliphatic carboxylic acids is 1. The fraction of sp³-hybridized carbons (Fsp3) is 0.778. The van der Waals surface area contributed by atoms with Crippen molar-refractivity contribution >= 4 is 11.9 Å². The Hall–Kier alpha value is -1.84. The lowest BCUT2D eigenvalue weighted by molar-refractivity contribution is -0.145. The number of carbonyl (C=O) groups is 2. The molecule has 0 spiro atoms. The topological polar surface area (TPSA) is 63.6 Å². The zero-order valence-corrected chi connectivity index (χ0v) is 26.4. The van der Waals surface area contributed by atoms with E-state index in [1.807, 2.05) is 12.2 Å². The molecule has 0 aliphatic heterocycles. The average Bonchev–Trinajstić information content (AvgIpc) is 2.93. The lowest BCUT2D eigenvalue weighted by atomic mass is 10.0. The molecule has 4 nitrogen and oxygen atoms in total. The number of carboxylic acids is 1. The summed E-state index contributed by atoms with van der Waals surface area (Å²) in [5.74, 6) is -0.808. The van der Waals surface area contributed by atoms with Crippen molar-refractivity contribution in [1.29, 1.82) is 0 Å². The first-order chi connectivity index (χ1) is 19.6. The Bertz CT molecular complexity index is 649. The van der Waals surface area contributed by atoms with E-state index >= 15 is 0 Å². The van der Waals surface area contributed by atoms with Crippen molar-refractivity contribution in [2.75, 3.05) is 0 Å². The van der Waals surface area contributed by atoms with Crippen LogP contribution in [0.1, 0.15) is 174 Å². The number of ether oxygens (including phenoxy) is 1. The highest BCUT2D eigenvalue weighted by atomic mass is 16.5. The van der Waals surface area contributed by atoms with Crippen molar-refractivity contribution in [3.63, 3.8) is 0 Å². The summed E-state index contributed by atoms with van der Waals surface area (Å²) < 4.78 is 5.77. The zero-order chi connectivity index (χ0) is 29.4. The SMILES string of the molecule is CCC=CCC=C[C@@H](C=CCCCCCCCC(=O)O)OC(=O)CCCCCCCCCCCCCCCCC. The van der Waals surface area contributed by atoms with Crippen LogP contribution in [0, 0.1) is 0 Å². The number of unbranched alkanes of at least 4 members (excludes halogenated alkanes) is 19. The van der Waals surface area contributed by atoms with Gasteiger partial charge in [-0.05, 0) is 50.7 Å². The zero-order valence-electron chi connectivity index (χ0n) is 26.4. The maximum absolute atomic E-state index is 12.5. The molecule has 0 saturated heterocycles. The van der Waals surface area contributed by atoms with Crippen molar-refractivity contribution in [2.45, 2.75) is 180 Å². The van der Waals surface area contributed by atoms with Crippen molar-refractivity contribution in [2.24, 2.45) is 0 Å². The lowest BCUT2D eigenvalue weighted by Gasteiger charge is -2.11. The molecule has 0 aromatic carbocycles. The van der Waals surface area contributed by atoms with Gasteiger partial charge in [0.2, 0.25) is 0 Å². The molecule has 0 unspecified atom stereocenters. The van der Waals surface area contributed by atoms with Crippen LogP contribution in [-0.2, 0) is 14.3 Å². The second-order valence-electron chi connectivity index (χ2n) is 11.3. The summed E-state index contributed by atoms with van der Waals surface area (Å²) in [6, 6.07) is 0. The molecule has 0 rings (SSSR count). The van der Waals surface area contributed by atoms with Gasteiger partial charge >= 0.3 is 11.9 Å². The number of carboxylic acid groups (broad SMARTS) is 1. The molecule has 4 heteroatoms. The molecule has 1 atom stereocenters. The first kappa shape index (κ1) is 38.2. The van der Waals surface area contributed by atoms with E-state index in [-0.39, 0.29) is 18.5 Å². The molecule has 0 saturated carbocycles. The molecule has 0 aliphatic carbocycles. The van der Waals surface area contributed by atoms with E-state index in [1.54, 1.807) is 0 Å². The Morgan fingerprint density at radius 2 is 1.05 bits per heavy atom. The Balaban J connectivity index is 3.98. The molecule has 0 aromatic rings. The number of hydrogen-bond acceptors (Lipinski definition) is 3. The van der Waals surface area contributed by atoms with Crippen LogP contribution in [0.5, 0.6) is 0 Å². The normalized spacial score (nSPS) is 12.7. The molecule has 232 valence electrons. The third-order valence-corrected chi connectivity index (χ3v) is 7.34.